The summed E-state index contributed by atoms with van der Waals surface area (Å²) in [5, 5.41) is 2.94. The number of hydrogen-bond acceptors (Lipinski definition) is 3. The van der Waals surface area contributed by atoms with Gasteiger partial charge in [-0.15, -0.1) is 11.3 Å². The number of alkyl halides is 3. The van der Waals surface area contributed by atoms with Crippen molar-refractivity contribution in [2.45, 2.75) is 32.4 Å². The molecule has 2 rings (SSSR count). The standard InChI is InChI=1S/C13H13F3S.C4H6O2/c1-2-3-4-9-8-17-12-7-10(13(14,15)16)5-6-11(9)12;1-3-4(5)6-2/h5-8H,2-4H2,1H3;3H,1H2,2H3. The largest absolute Gasteiger partial charge is 0.466 e. The van der Waals surface area contributed by atoms with Crippen molar-refractivity contribution in [1.29, 1.82) is 0 Å². The Labute approximate surface area is 137 Å². The highest BCUT2D eigenvalue weighted by atomic mass is 32.1. The van der Waals surface area contributed by atoms with Crippen LogP contribution in [0.2, 0.25) is 0 Å². The van der Waals surface area contributed by atoms with Crippen LogP contribution in [0.1, 0.15) is 30.9 Å². The van der Waals surface area contributed by atoms with Crippen LogP contribution in [0.15, 0.2) is 36.2 Å². The molecule has 1 aromatic heterocycles. The molecular formula is C17H19F3O2S. The Bertz CT molecular complexity index is 659. The third kappa shape index (κ3) is 5.71. The Hall–Kier alpha value is -1.82. The molecule has 0 unspecified atom stereocenters. The molecule has 0 spiro atoms. The maximum atomic E-state index is 12.5. The molecule has 0 aliphatic carbocycles. The number of aryl methyl sites for hydroxylation is 1. The number of methoxy groups -OCH3 is 1. The third-order valence-electron chi connectivity index (χ3n) is 3.15. The highest BCUT2D eigenvalue weighted by Crippen LogP contribution is 2.34. The predicted molar refractivity (Wildman–Crippen MR) is 87.7 cm³/mol. The van der Waals surface area contributed by atoms with Gasteiger partial charge >= 0.3 is 12.1 Å². The molecule has 1 heterocycles. The number of unbranched alkanes of at least 4 members (excludes halogenated alkanes) is 1. The Kier molecular flexibility index (Phi) is 7.29. The normalized spacial score (nSPS) is 10.8. The number of fused-ring (bicyclic) bond motifs is 1. The fourth-order valence-corrected chi connectivity index (χ4v) is 2.94. The number of benzene rings is 1. The van der Waals surface area contributed by atoms with Crippen molar-refractivity contribution < 1.29 is 22.7 Å². The fourth-order valence-electron chi connectivity index (χ4n) is 1.90. The van der Waals surface area contributed by atoms with Gasteiger partial charge in [0, 0.05) is 10.8 Å². The van der Waals surface area contributed by atoms with Crippen molar-refractivity contribution in [3.05, 3.63) is 47.4 Å². The average molecular weight is 344 g/mol. The van der Waals surface area contributed by atoms with Gasteiger partial charge in [-0.05, 0) is 41.3 Å². The monoisotopic (exact) mass is 344 g/mol. The minimum Gasteiger partial charge on any atom is -0.466 e. The number of carbonyl (C=O) groups excluding carboxylic acids is 1. The number of hydrogen-bond donors (Lipinski definition) is 0. The summed E-state index contributed by atoms with van der Waals surface area (Å²) in [6.07, 6.45) is -0.0194. The van der Waals surface area contributed by atoms with Gasteiger partial charge in [0.2, 0.25) is 0 Å². The topological polar surface area (TPSA) is 26.3 Å². The van der Waals surface area contributed by atoms with E-state index in [1.54, 1.807) is 6.07 Å². The number of esters is 1. The van der Waals surface area contributed by atoms with Crippen LogP contribution in [-0.2, 0) is 22.1 Å². The summed E-state index contributed by atoms with van der Waals surface area (Å²) in [5.41, 5.74) is 0.606. The molecule has 126 valence electrons. The Morgan fingerprint density at radius 3 is 2.57 bits per heavy atom. The lowest BCUT2D eigenvalue weighted by Gasteiger charge is -2.06. The minimum atomic E-state index is -4.25. The highest BCUT2D eigenvalue weighted by molar-refractivity contribution is 7.17. The van der Waals surface area contributed by atoms with Crippen molar-refractivity contribution in [2.75, 3.05) is 7.11 Å². The van der Waals surface area contributed by atoms with Crippen LogP contribution >= 0.6 is 11.3 Å². The predicted octanol–water partition coefficient (Wildman–Crippen LogP) is 5.61. The molecule has 0 N–H and O–H groups in total. The average Bonchev–Trinajstić information content (AvgIpc) is 2.94. The van der Waals surface area contributed by atoms with E-state index >= 15 is 0 Å². The molecule has 0 saturated carbocycles. The van der Waals surface area contributed by atoms with Gasteiger partial charge in [-0.3, -0.25) is 0 Å². The maximum absolute atomic E-state index is 12.5. The van der Waals surface area contributed by atoms with E-state index in [0.29, 0.717) is 0 Å². The maximum Gasteiger partial charge on any atom is 0.416 e. The van der Waals surface area contributed by atoms with Crippen molar-refractivity contribution >= 4 is 27.4 Å². The van der Waals surface area contributed by atoms with Crippen molar-refractivity contribution in [1.82, 2.24) is 0 Å². The molecule has 0 fully saturated rings. The van der Waals surface area contributed by atoms with E-state index in [1.807, 2.05) is 5.38 Å². The first-order valence-corrected chi connectivity index (χ1v) is 7.99. The van der Waals surface area contributed by atoms with Gasteiger partial charge < -0.3 is 4.74 Å². The van der Waals surface area contributed by atoms with Crippen LogP contribution in [0.4, 0.5) is 13.2 Å². The van der Waals surface area contributed by atoms with Crippen LogP contribution in [0, 0.1) is 0 Å². The van der Waals surface area contributed by atoms with E-state index < -0.39 is 17.7 Å². The van der Waals surface area contributed by atoms with Crippen molar-refractivity contribution in [3.8, 4) is 0 Å². The van der Waals surface area contributed by atoms with Gasteiger partial charge in [0.05, 0.1) is 12.7 Å². The third-order valence-corrected chi connectivity index (χ3v) is 4.14. The first-order valence-electron chi connectivity index (χ1n) is 7.11. The molecule has 0 radical (unpaired) electrons. The molecule has 0 aliphatic rings. The van der Waals surface area contributed by atoms with Gasteiger partial charge in [0.25, 0.3) is 0 Å². The van der Waals surface area contributed by atoms with Gasteiger partial charge in [-0.1, -0.05) is 26.0 Å². The molecule has 0 atom stereocenters. The Morgan fingerprint density at radius 1 is 1.39 bits per heavy atom. The van der Waals surface area contributed by atoms with E-state index in [-0.39, 0.29) is 0 Å². The molecule has 23 heavy (non-hydrogen) atoms. The van der Waals surface area contributed by atoms with Crippen molar-refractivity contribution in [2.24, 2.45) is 0 Å². The molecule has 0 aliphatic heterocycles. The fraction of sp³-hybridized carbons (Fsp3) is 0.353. The summed E-state index contributed by atoms with van der Waals surface area (Å²) < 4.78 is 42.5. The number of ether oxygens (including phenoxy) is 1. The zero-order chi connectivity index (χ0) is 17.5. The molecule has 1 aromatic carbocycles. The second kappa shape index (κ2) is 8.72. The van der Waals surface area contributed by atoms with Crippen LogP contribution in [0.5, 0.6) is 0 Å². The molecule has 6 heteroatoms. The van der Waals surface area contributed by atoms with E-state index in [0.717, 1.165) is 35.4 Å². The summed E-state index contributed by atoms with van der Waals surface area (Å²) in [6, 6.07) is 4.01. The Balaban J connectivity index is 0.000000379. The number of carbonyl (C=O) groups is 1. The van der Waals surface area contributed by atoms with Crippen LogP contribution in [0.3, 0.4) is 0 Å². The summed E-state index contributed by atoms with van der Waals surface area (Å²) >= 11 is 1.39. The van der Waals surface area contributed by atoms with Crippen LogP contribution in [-0.4, -0.2) is 13.1 Å². The zero-order valence-corrected chi connectivity index (χ0v) is 13.9. The summed E-state index contributed by atoms with van der Waals surface area (Å²) in [4.78, 5) is 9.84. The summed E-state index contributed by atoms with van der Waals surface area (Å²) in [6.45, 7) is 5.26. The molecular weight excluding hydrogens is 325 g/mol. The van der Waals surface area contributed by atoms with Gasteiger partial charge in [0.15, 0.2) is 0 Å². The first kappa shape index (κ1) is 19.2. The van der Waals surface area contributed by atoms with Crippen LogP contribution in [0.25, 0.3) is 10.1 Å². The second-order valence-corrected chi connectivity index (χ2v) is 5.71. The molecule has 0 bridgehead atoms. The highest BCUT2D eigenvalue weighted by Gasteiger charge is 2.30. The van der Waals surface area contributed by atoms with E-state index in [2.05, 4.69) is 18.2 Å². The molecule has 2 nitrogen and oxygen atoms in total. The summed E-state index contributed by atoms with van der Waals surface area (Å²) in [7, 11) is 1.31. The SMILES string of the molecule is C=CC(=O)OC.CCCCc1csc2cc(C(F)(F)F)ccc12. The number of halogens is 3. The lowest BCUT2D eigenvalue weighted by molar-refractivity contribution is -0.137. The number of rotatable bonds is 4. The Morgan fingerprint density at radius 2 is 2.09 bits per heavy atom. The number of thiophene rings is 1. The van der Waals surface area contributed by atoms with Gasteiger partial charge in [0.1, 0.15) is 0 Å². The van der Waals surface area contributed by atoms with Crippen LogP contribution < -0.4 is 0 Å². The second-order valence-electron chi connectivity index (χ2n) is 4.80. The van der Waals surface area contributed by atoms with E-state index in [9.17, 15) is 18.0 Å². The zero-order valence-electron chi connectivity index (χ0n) is 13.1. The minimum absolute atomic E-state index is 0.394. The van der Waals surface area contributed by atoms with E-state index in [4.69, 9.17) is 0 Å². The quantitative estimate of drug-likeness (QED) is 0.532. The van der Waals surface area contributed by atoms with Gasteiger partial charge in [-0.2, -0.15) is 13.2 Å². The molecule has 0 amide bonds. The van der Waals surface area contributed by atoms with Gasteiger partial charge in [-0.25, -0.2) is 4.79 Å². The summed E-state index contributed by atoms with van der Waals surface area (Å²) in [5.74, 6) is -0.394. The smallest absolute Gasteiger partial charge is 0.416 e. The molecule has 0 saturated heterocycles. The van der Waals surface area contributed by atoms with Crippen molar-refractivity contribution in [3.63, 3.8) is 0 Å². The lowest BCUT2D eigenvalue weighted by atomic mass is 10.1. The first-order chi connectivity index (χ1) is 10.8. The van der Waals surface area contributed by atoms with E-state index in [1.165, 1.54) is 36.1 Å². The lowest BCUT2D eigenvalue weighted by Crippen LogP contribution is -2.03. The molecule has 2 aromatic rings.